The number of rotatable bonds is 4. The van der Waals surface area contributed by atoms with Crippen LogP contribution in [0.4, 0.5) is 5.69 Å². The average Bonchev–Trinajstić information content (AvgIpc) is 2.89. The van der Waals surface area contributed by atoms with Crippen molar-refractivity contribution in [3.63, 3.8) is 0 Å². The molecule has 98 valence electrons. The summed E-state index contributed by atoms with van der Waals surface area (Å²) in [5, 5.41) is 3.40. The molecule has 0 aliphatic carbocycles. The lowest BCUT2D eigenvalue weighted by Crippen LogP contribution is -2.12. The summed E-state index contributed by atoms with van der Waals surface area (Å²) in [6, 6.07) is 16.1. The lowest BCUT2D eigenvalue weighted by molar-refractivity contribution is 0.294. The summed E-state index contributed by atoms with van der Waals surface area (Å²) in [6.07, 6.45) is 0. The number of nitrogens with one attached hydrogen (secondary N) is 1. The Labute approximate surface area is 113 Å². The number of hydrogen-bond acceptors (Lipinski definition) is 3. The highest BCUT2D eigenvalue weighted by molar-refractivity contribution is 5.57. The van der Waals surface area contributed by atoms with Crippen LogP contribution in [0.2, 0.25) is 0 Å². The molecule has 1 heterocycles. The van der Waals surface area contributed by atoms with E-state index in [-0.39, 0.29) is 0 Å². The Bertz CT molecular complexity index is 568. The zero-order valence-corrected chi connectivity index (χ0v) is 10.9. The van der Waals surface area contributed by atoms with Gasteiger partial charge in [-0.05, 0) is 23.8 Å². The van der Waals surface area contributed by atoms with Gasteiger partial charge in [0.1, 0.15) is 11.5 Å². The van der Waals surface area contributed by atoms with Crippen LogP contribution in [0.5, 0.6) is 11.5 Å². The van der Waals surface area contributed by atoms with Crippen molar-refractivity contribution in [2.45, 2.75) is 5.92 Å². The summed E-state index contributed by atoms with van der Waals surface area (Å²) in [5.41, 5.74) is 2.56. The molecule has 1 N–H and O–H groups in total. The highest BCUT2D eigenvalue weighted by Crippen LogP contribution is 2.31. The molecular formula is C16H17NO2. The molecule has 2 aromatic carbocycles. The van der Waals surface area contributed by atoms with Crippen molar-refractivity contribution in [2.75, 3.05) is 25.6 Å². The van der Waals surface area contributed by atoms with E-state index in [1.165, 1.54) is 11.3 Å². The Balaban J connectivity index is 1.67. The average molecular weight is 255 g/mol. The maximum absolute atomic E-state index is 5.87. The Morgan fingerprint density at radius 2 is 1.95 bits per heavy atom. The molecule has 3 rings (SSSR count). The van der Waals surface area contributed by atoms with Crippen molar-refractivity contribution in [3.8, 4) is 11.5 Å². The first kappa shape index (κ1) is 11.9. The Morgan fingerprint density at radius 1 is 1.11 bits per heavy atom. The fourth-order valence-electron chi connectivity index (χ4n) is 2.39. The zero-order chi connectivity index (χ0) is 13.1. The molecule has 0 amide bonds. The molecule has 1 aliphatic rings. The highest BCUT2D eigenvalue weighted by atomic mass is 16.5. The van der Waals surface area contributed by atoms with E-state index in [1.807, 2.05) is 24.3 Å². The van der Waals surface area contributed by atoms with Crippen LogP contribution in [-0.4, -0.2) is 20.3 Å². The number of anilines is 1. The van der Waals surface area contributed by atoms with E-state index in [9.17, 15) is 0 Å². The molecule has 1 unspecified atom stereocenters. The summed E-state index contributed by atoms with van der Waals surface area (Å²) >= 11 is 0. The molecule has 0 aromatic heterocycles. The van der Waals surface area contributed by atoms with E-state index in [0.717, 1.165) is 18.0 Å². The van der Waals surface area contributed by atoms with Crippen LogP contribution >= 0.6 is 0 Å². The minimum absolute atomic E-state index is 0.405. The van der Waals surface area contributed by atoms with E-state index in [0.29, 0.717) is 12.5 Å². The minimum Gasteiger partial charge on any atom is -0.497 e. The van der Waals surface area contributed by atoms with Crippen LogP contribution in [0.15, 0.2) is 48.5 Å². The predicted octanol–water partition coefficient (Wildman–Crippen LogP) is 3.28. The van der Waals surface area contributed by atoms with Crippen LogP contribution in [-0.2, 0) is 0 Å². The van der Waals surface area contributed by atoms with E-state index in [2.05, 4.69) is 29.6 Å². The van der Waals surface area contributed by atoms with Gasteiger partial charge in [0.2, 0.25) is 0 Å². The van der Waals surface area contributed by atoms with Gasteiger partial charge in [0.15, 0.2) is 0 Å². The van der Waals surface area contributed by atoms with Gasteiger partial charge in [0, 0.05) is 24.2 Å². The zero-order valence-electron chi connectivity index (χ0n) is 10.9. The molecular weight excluding hydrogens is 238 g/mol. The van der Waals surface area contributed by atoms with Gasteiger partial charge in [-0.15, -0.1) is 0 Å². The summed E-state index contributed by atoms with van der Waals surface area (Å²) in [5.74, 6) is 2.08. The van der Waals surface area contributed by atoms with Crippen LogP contribution in [0.1, 0.15) is 11.5 Å². The SMILES string of the molecule is COc1cccc(OCC2CNc3ccccc32)c1. The van der Waals surface area contributed by atoms with Gasteiger partial charge in [-0.1, -0.05) is 24.3 Å². The lowest BCUT2D eigenvalue weighted by atomic mass is 10.0. The third kappa shape index (κ3) is 2.50. The van der Waals surface area contributed by atoms with Crippen molar-refractivity contribution in [3.05, 3.63) is 54.1 Å². The van der Waals surface area contributed by atoms with Crippen molar-refractivity contribution in [1.29, 1.82) is 0 Å². The first-order chi connectivity index (χ1) is 9.36. The second-order valence-corrected chi connectivity index (χ2v) is 4.66. The largest absolute Gasteiger partial charge is 0.497 e. The molecule has 3 heteroatoms. The summed E-state index contributed by atoms with van der Waals surface area (Å²) in [4.78, 5) is 0. The second kappa shape index (κ2) is 5.22. The van der Waals surface area contributed by atoms with Crippen molar-refractivity contribution in [2.24, 2.45) is 0 Å². The standard InChI is InChI=1S/C16H17NO2/c1-18-13-5-4-6-14(9-13)19-11-12-10-17-16-8-3-2-7-15(12)16/h2-9,12,17H,10-11H2,1H3. The van der Waals surface area contributed by atoms with Gasteiger partial charge >= 0.3 is 0 Å². The molecule has 1 atom stereocenters. The Hall–Kier alpha value is -2.16. The van der Waals surface area contributed by atoms with Crippen molar-refractivity contribution < 1.29 is 9.47 Å². The van der Waals surface area contributed by atoms with Crippen molar-refractivity contribution in [1.82, 2.24) is 0 Å². The number of fused-ring (bicyclic) bond motifs is 1. The first-order valence-corrected chi connectivity index (χ1v) is 6.46. The number of methoxy groups -OCH3 is 1. The number of benzene rings is 2. The molecule has 0 radical (unpaired) electrons. The lowest BCUT2D eigenvalue weighted by Gasteiger charge is -2.12. The monoisotopic (exact) mass is 255 g/mol. The third-order valence-electron chi connectivity index (χ3n) is 3.43. The van der Waals surface area contributed by atoms with Crippen molar-refractivity contribution >= 4 is 5.69 Å². The number of ether oxygens (including phenoxy) is 2. The molecule has 0 saturated carbocycles. The molecule has 19 heavy (non-hydrogen) atoms. The van der Waals surface area contributed by atoms with Crippen LogP contribution in [0.3, 0.4) is 0 Å². The second-order valence-electron chi connectivity index (χ2n) is 4.66. The quantitative estimate of drug-likeness (QED) is 0.909. The topological polar surface area (TPSA) is 30.5 Å². The predicted molar refractivity (Wildman–Crippen MR) is 76.2 cm³/mol. The fourth-order valence-corrected chi connectivity index (χ4v) is 2.39. The molecule has 1 aliphatic heterocycles. The van der Waals surface area contributed by atoms with Crippen LogP contribution in [0.25, 0.3) is 0 Å². The molecule has 0 bridgehead atoms. The van der Waals surface area contributed by atoms with Crippen LogP contribution in [0, 0.1) is 0 Å². The maximum Gasteiger partial charge on any atom is 0.123 e. The molecule has 0 saturated heterocycles. The van der Waals surface area contributed by atoms with Gasteiger partial charge in [0.25, 0.3) is 0 Å². The molecule has 3 nitrogen and oxygen atoms in total. The van der Waals surface area contributed by atoms with Gasteiger partial charge in [-0.3, -0.25) is 0 Å². The maximum atomic E-state index is 5.87. The van der Waals surface area contributed by atoms with E-state index in [1.54, 1.807) is 7.11 Å². The minimum atomic E-state index is 0.405. The molecule has 0 fully saturated rings. The van der Waals surface area contributed by atoms with E-state index < -0.39 is 0 Å². The Morgan fingerprint density at radius 3 is 2.84 bits per heavy atom. The highest BCUT2D eigenvalue weighted by Gasteiger charge is 2.21. The van der Waals surface area contributed by atoms with E-state index in [4.69, 9.17) is 9.47 Å². The third-order valence-corrected chi connectivity index (χ3v) is 3.43. The molecule has 2 aromatic rings. The van der Waals surface area contributed by atoms with E-state index >= 15 is 0 Å². The Kier molecular flexibility index (Phi) is 3.27. The van der Waals surface area contributed by atoms with Gasteiger partial charge in [-0.25, -0.2) is 0 Å². The fraction of sp³-hybridized carbons (Fsp3) is 0.250. The normalized spacial score (nSPS) is 16.6. The van der Waals surface area contributed by atoms with Gasteiger partial charge in [-0.2, -0.15) is 0 Å². The first-order valence-electron chi connectivity index (χ1n) is 6.46. The smallest absolute Gasteiger partial charge is 0.123 e. The molecule has 0 spiro atoms. The van der Waals surface area contributed by atoms with Crippen LogP contribution < -0.4 is 14.8 Å². The summed E-state index contributed by atoms with van der Waals surface area (Å²) in [7, 11) is 1.66. The summed E-state index contributed by atoms with van der Waals surface area (Å²) < 4.78 is 11.1. The number of hydrogen-bond donors (Lipinski definition) is 1. The number of para-hydroxylation sites is 1. The summed E-state index contributed by atoms with van der Waals surface area (Å²) in [6.45, 7) is 1.61. The van der Waals surface area contributed by atoms with Gasteiger partial charge < -0.3 is 14.8 Å². The van der Waals surface area contributed by atoms with Gasteiger partial charge in [0.05, 0.1) is 13.7 Å².